The largest absolute Gasteiger partial charge is 0.273 e. The fourth-order valence-corrected chi connectivity index (χ4v) is 2.01. The van der Waals surface area contributed by atoms with Crippen LogP contribution in [0.15, 0.2) is 24.5 Å². The van der Waals surface area contributed by atoms with Crippen molar-refractivity contribution in [1.82, 2.24) is 15.8 Å². The highest BCUT2D eigenvalue weighted by molar-refractivity contribution is 5.95. The molecular weight excluding hydrogens is 266 g/mol. The summed E-state index contributed by atoms with van der Waals surface area (Å²) in [7, 11) is 0. The van der Waals surface area contributed by atoms with Gasteiger partial charge in [-0.2, -0.15) is 0 Å². The summed E-state index contributed by atoms with van der Waals surface area (Å²) in [6.07, 6.45) is 11.7. The van der Waals surface area contributed by atoms with Crippen LogP contribution in [0.25, 0.3) is 0 Å². The summed E-state index contributed by atoms with van der Waals surface area (Å²) in [5.74, 6) is -0.476. The molecule has 0 spiro atoms. The molecule has 1 aromatic heterocycles. The lowest BCUT2D eigenvalue weighted by Gasteiger charge is -2.07. The van der Waals surface area contributed by atoms with Gasteiger partial charge in [-0.05, 0) is 18.6 Å². The number of carbonyl (C=O) groups excluding carboxylic acids is 2. The molecule has 0 aliphatic rings. The summed E-state index contributed by atoms with van der Waals surface area (Å²) < 4.78 is 0. The van der Waals surface area contributed by atoms with Crippen molar-refractivity contribution in [3.8, 4) is 0 Å². The van der Waals surface area contributed by atoms with E-state index >= 15 is 0 Å². The van der Waals surface area contributed by atoms with E-state index in [1.807, 2.05) is 0 Å². The van der Waals surface area contributed by atoms with Crippen LogP contribution in [0.2, 0.25) is 0 Å². The highest BCUT2D eigenvalue weighted by atomic mass is 16.2. The zero-order chi connectivity index (χ0) is 15.3. The lowest BCUT2D eigenvalue weighted by atomic mass is 10.1. The minimum absolute atomic E-state index is 0.147. The summed E-state index contributed by atoms with van der Waals surface area (Å²) in [6.45, 7) is 2.20. The minimum atomic E-state index is -0.328. The Bertz CT molecular complexity index is 421. The third-order valence-electron chi connectivity index (χ3n) is 3.27. The Kier molecular flexibility index (Phi) is 8.84. The Balaban J connectivity index is 2.05. The summed E-state index contributed by atoms with van der Waals surface area (Å²) in [5, 5.41) is 0. The highest BCUT2D eigenvalue weighted by Gasteiger charge is 2.06. The molecule has 5 heteroatoms. The van der Waals surface area contributed by atoms with Gasteiger partial charge in [0.15, 0.2) is 0 Å². The lowest BCUT2D eigenvalue weighted by molar-refractivity contribution is -0.122. The first-order valence-electron chi connectivity index (χ1n) is 7.73. The average molecular weight is 291 g/mol. The standard InChI is InChI=1S/C16H25N3O2/c1-2-3-4-5-6-7-8-9-15(20)18-19-16(21)14-10-12-17-13-11-14/h10-13H,2-9H2,1H3,(H,18,20)(H,19,21). The van der Waals surface area contributed by atoms with E-state index in [0.717, 1.165) is 12.8 Å². The monoisotopic (exact) mass is 291 g/mol. The van der Waals surface area contributed by atoms with Gasteiger partial charge < -0.3 is 0 Å². The number of unbranched alkanes of at least 4 members (excludes halogenated alkanes) is 6. The molecule has 0 atom stereocenters. The van der Waals surface area contributed by atoms with E-state index in [1.54, 1.807) is 12.1 Å². The van der Waals surface area contributed by atoms with Crippen molar-refractivity contribution < 1.29 is 9.59 Å². The number of rotatable bonds is 9. The van der Waals surface area contributed by atoms with Crippen molar-refractivity contribution >= 4 is 11.8 Å². The number of nitrogens with one attached hydrogen (secondary N) is 2. The summed E-state index contributed by atoms with van der Waals surface area (Å²) in [4.78, 5) is 27.1. The predicted octanol–water partition coefficient (Wildman–Crippen LogP) is 2.98. The topological polar surface area (TPSA) is 71.1 Å². The van der Waals surface area contributed by atoms with Crippen LogP contribution in [0.4, 0.5) is 0 Å². The van der Waals surface area contributed by atoms with Gasteiger partial charge in [-0.15, -0.1) is 0 Å². The fourth-order valence-electron chi connectivity index (χ4n) is 2.01. The van der Waals surface area contributed by atoms with Gasteiger partial charge >= 0.3 is 0 Å². The van der Waals surface area contributed by atoms with Crippen molar-refractivity contribution in [2.75, 3.05) is 0 Å². The molecule has 2 N–H and O–H groups in total. The van der Waals surface area contributed by atoms with E-state index in [2.05, 4.69) is 22.8 Å². The molecule has 0 saturated carbocycles. The SMILES string of the molecule is CCCCCCCCCC(=O)NNC(=O)c1ccncc1. The normalized spacial score (nSPS) is 10.1. The number of aromatic nitrogens is 1. The van der Waals surface area contributed by atoms with Gasteiger partial charge in [0.1, 0.15) is 0 Å². The number of hydrazine groups is 1. The number of hydrogen-bond donors (Lipinski definition) is 2. The van der Waals surface area contributed by atoms with E-state index in [-0.39, 0.29) is 11.8 Å². The van der Waals surface area contributed by atoms with Gasteiger partial charge in [0, 0.05) is 24.4 Å². The van der Waals surface area contributed by atoms with E-state index in [0.29, 0.717) is 12.0 Å². The Morgan fingerprint density at radius 2 is 1.57 bits per heavy atom. The zero-order valence-corrected chi connectivity index (χ0v) is 12.7. The molecule has 0 fully saturated rings. The van der Waals surface area contributed by atoms with E-state index in [1.165, 1.54) is 44.5 Å². The molecule has 0 aliphatic carbocycles. The maximum Gasteiger partial charge on any atom is 0.269 e. The van der Waals surface area contributed by atoms with Crippen LogP contribution in [0.1, 0.15) is 68.6 Å². The lowest BCUT2D eigenvalue weighted by Crippen LogP contribution is -2.41. The zero-order valence-electron chi connectivity index (χ0n) is 12.7. The first-order chi connectivity index (χ1) is 10.2. The molecule has 116 valence electrons. The van der Waals surface area contributed by atoms with Crippen LogP contribution in [0.3, 0.4) is 0 Å². The predicted molar refractivity (Wildman–Crippen MR) is 82.5 cm³/mol. The molecule has 0 unspecified atom stereocenters. The molecule has 0 aliphatic heterocycles. The number of nitrogens with zero attached hydrogens (tertiary/aromatic N) is 1. The summed E-state index contributed by atoms with van der Waals surface area (Å²) in [5.41, 5.74) is 5.31. The van der Waals surface area contributed by atoms with Crippen molar-refractivity contribution in [3.63, 3.8) is 0 Å². The van der Waals surface area contributed by atoms with Crippen LogP contribution in [0, 0.1) is 0 Å². The second-order valence-electron chi connectivity index (χ2n) is 5.11. The molecule has 1 heterocycles. The molecule has 0 saturated heterocycles. The van der Waals surface area contributed by atoms with Crippen LogP contribution in [-0.2, 0) is 4.79 Å². The third-order valence-corrected chi connectivity index (χ3v) is 3.27. The molecular formula is C16H25N3O2. The van der Waals surface area contributed by atoms with E-state index in [4.69, 9.17) is 0 Å². The second kappa shape index (κ2) is 10.8. The van der Waals surface area contributed by atoms with Gasteiger partial charge in [-0.1, -0.05) is 45.4 Å². The van der Waals surface area contributed by atoms with Crippen molar-refractivity contribution in [2.45, 2.75) is 58.3 Å². The maximum atomic E-state index is 11.7. The molecule has 21 heavy (non-hydrogen) atoms. The maximum absolute atomic E-state index is 11.7. The Morgan fingerprint density at radius 1 is 0.952 bits per heavy atom. The van der Waals surface area contributed by atoms with Gasteiger partial charge in [0.25, 0.3) is 5.91 Å². The van der Waals surface area contributed by atoms with E-state index in [9.17, 15) is 9.59 Å². The van der Waals surface area contributed by atoms with Gasteiger partial charge in [-0.25, -0.2) is 0 Å². The first-order valence-corrected chi connectivity index (χ1v) is 7.73. The number of amides is 2. The summed E-state index contributed by atoms with van der Waals surface area (Å²) >= 11 is 0. The number of hydrogen-bond acceptors (Lipinski definition) is 3. The molecule has 0 bridgehead atoms. The van der Waals surface area contributed by atoms with E-state index < -0.39 is 0 Å². The molecule has 1 rings (SSSR count). The van der Waals surface area contributed by atoms with Crippen molar-refractivity contribution in [2.24, 2.45) is 0 Å². The molecule has 2 amide bonds. The average Bonchev–Trinajstić information content (AvgIpc) is 2.52. The Hall–Kier alpha value is -1.91. The molecule has 1 aromatic rings. The molecule has 5 nitrogen and oxygen atoms in total. The van der Waals surface area contributed by atoms with Crippen LogP contribution >= 0.6 is 0 Å². The van der Waals surface area contributed by atoms with Crippen LogP contribution in [-0.4, -0.2) is 16.8 Å². The fraction of sp³-hybridized carbons (Fsp3) is 0.562. The van der Waals surface area contributed by atoms with Crippen LogP contribution < -0.4 is 10.9 Å². The highest BCUT2D eigenvalue weighted by Crippen LogP contribution is 2.08. The van der Waals surface area contributed by atoms with Crippen molar-refractivity contribution in [1.29, 1.82) is 0 Å². The van der Waals surface area contributed by atoms with Gasteiger partial charge in [0.05, 0.1) is 0 Å². The smallest absolute Gasteiger partial charge is 0.269 e. The number of carbonyl (C=O) groups is 2. The summed E-state index contributed by atoms with van der Waals surface area (Å²) in [6, 6.07) is 3.19. The quantitative estimate of drug-likeness (QED) is 0.543. The third kappa shape index (κ3) is 8.07. The number of pyridine rings is 1. The second-order valence-corrected chi connectivity index (χ2v) is 5.11. The van der Waals surface area contributed by atoms with Crippen molar-refractivity contribution in [3.05, 3.63) is 30.1 Å². The first kappa shape index (κ1) is 17.1. The molecule has 0 aromatic carbocycles. The molecule has 0 radical (unpaired) electrons. The minimum Gasteiger partial charge on any atom is -0.273 e. The Labute approximate surface area is 126 Å². The van der Waals surface area contributed by atoms with Gasteiger partial charge in [0.2, 0.25) is 5.91 Å². The van der Waals surface area contributed by atoms with Crippen LogP contribution in [0.5, 0.6) is 0 Å². The Morgan fingerprint density at radius 3 is 2.24 bits per heavy atom. The van der Waals surface area contributed by atoms with Gasteiger partial charge in [-0.3, -0.25) is 25.4 Å².